The zero-order valence-electron chi connectivity index (χ0n) is 13.2. The van der Waals surface area contributed by atoms with Crippen LogP contribution in [0.5, 0.6) is 0 Å². The molecule has 3 rings (SSSR count). The first kappa shape index (κ1) is 17.7. The van der Waals surface area contributed by atoms with Crippen LogP contribution in [0.4, 0.5) is 11.4 Å². The third kappa shape index (κ3) is 4.10. The molecule has 1 aliphatic rings. The summed E-state index contributed by atoms with van der Waals surface area (Å²) < 4.78 is 0.480. The lowest BCUT2D eigenvalue weighted by molar-refractivity contribution is -0.114. The van der Waals surface area contributed by atoms with E-state index in [2.05, 4.69) is 5.32 Å². The number of carbonyl (C=O) groups is 2. The van der Waals surface area contributed by atoms with Crippen LogP contribution in [0.2, 0.25) is 5.02 Å². The molecule has 2 aromatic carbocycles. The van der Waals surface area contributed by atoms with Crippen LogP contribution in [0.3, 0.4) is 0 Å². The van der Waals surface area contributed by atoms with Gasteiger partial charge in [0, 0.05) is 17.6 Å². The van der Waals surface area contributed by atoms with Crippen molar-refractivity contribution in [3.05, 3.63) is 64.0 Å². The Balaban J connectivity index is 1.82. The molecule has 1 N–H and O–H groups in total. The lowest BCUT2D eigenvalue weighted by Crippen LogP contribution is -2.27. The van der Waals surface area contributed by atoms with Gasteiger partial charge in [0.2, 0.25) is 5.91 Å². The molecule has 1 saturated heterocycles. The Bertz CT molecular complexity index is 877. The molecule has 1 heterocycles. The van der Waals surface area contributed by atoms with Crippen LogP contribution in [0.25, 0.3) is 6.08 Å². The molecule has 2 amide bonds. The maximum atomic E-state index is 12.7. The first-order chi connectivity index (χ1) is 11.9. The van der Waals surface area contributed by atoms with E-state index in [0.29, 0.717) is 25.6 Å². The Hall–Kier alpha value is -2.15. The lowest BCUT2D eigenvalue weighted by Gasteiger charge is -2.14. The van der Waals surface area contributed by atoms with Crippen LogP contribution in [-0.2, 0) is 9.59 Å². The quantitative estimate of drug-likeness (QED) is 0.611. The van der Waals surface area contributed by atoms with E-state index < -0.39 is 0 Å². The number of amides is 2. The van der Waals surface area contributed by atoms with E-state index >= 15 is 0 Å². The monoisotopic (exact) mass is 388 g/mol. The predicted octanol–water partition coefficient (Wildman–Crippen LogP) is 4.70. The predicted molar refractivity (Wildman–Crippen MR) is 108 cm³/mol. The summed E-state index contributed by atoms with van der Waals surface area (Å²) in [7, 11) is 0. The highest BCUT2D eigenvalue weighted by atomic mass is 35.5. The average molecular weight is 389 g/mol. The minimum atomic E-state index is -0.164. The molecule has 0 unspecified atom stereocenters. The molecular formula is C18H13ClN2O2S2. The fourth-order valence-electron chi connectivity index (χ4n) is 2.30. The van der Waals surface area contributed by atoms with Gasteiger partial charge in [0.25, 0.3) is 5.91 Å². The van der Waals surface area contributed by atoms with E-state index in [-0.39, 0.29) is 11.8 Å². The molecule has 7 heteroatoms. The zero-order valence-corrected chi connectivity index (χ0v) is 15.5. The van der Waals surface area contributed by atoms with Crippen LogP contribution >= 0.6 is 35.6 Å². The number of rotatable bonds is 3. The molecular weight excluding hydrogens is 376 g/mol. The van der Waals surface area contributed by atoms with Crippen LogP contribution < -0.4 is 10.2 Å². The van der Waals surface area contributed by atoms with Crippen LogP contribution in [0.15, 0.2) is 53.4 Å². The average Bonchev–Trinajstić information content (AvgIpc) is 2.84. The third-order valence-electron chi connectivity index (χ3n) is 3.41. The minimum Gasteiger partial charge on any atom is -0.326 e. The van der Waals surface area contributed by atoms with Crippen molar-refractivity contribution >= 4 is 69.2 Å². The van der Waals surface area contributed by atoms with Crippen molar-refractivity contribution in [2.75, 3.05) is 10.2 Å². The molecule has 0 spiro atoms. The second kappa shape index (κ2) is 7.39. The van der Waals surface area contributed by atoms with E-state index in [1.165, 1.54) is 23.6 Å². The summed E-state index contributed by atoms with van der Waals surface area (Å²) in [4.78, 5) is 25.8. The SMILES string of the molecule is CC(=O)Nc1ccc(C=C2SC(=S)N(c3ccc(Cl)cc3)C2=O)cc1. The number of nitrogens with zero attached hydrogens (tertiary/aromatic N) is 1. The van der Waals surface area contributed by atoms with Gasteiger partial charge in [-0.1, -0.05) is 47.7 Å². The van der Waals surface area contributed by atoms with Gasteiger partial charge >= 0.3 is 0 Å². The van der Waals surface area contributed by atoms with E-state index in [1.807, 2.05) is 12.1 Å². The maximum absolute atomic E-state index is 12.7. The summed E-state index contributed by atoms with van der Waals surface area (Å²) in [6, 6.07) is 14.2. The molecule has 4 nitrogen and oxygen atoms in total. The smallest absolute Gasteiger partial charge is 0.270 e. The fourth-order valence-corrected chi connectivity index (χ4v) is 3.72. The zero-order chi connectivity index (χ0) is 18.0. The van der Waals surface area contributed by atoms with Gasteiger partial charge in [-0.2, -0.15) is 0 Å². The van der Waals surface area contributed by atoms with Crippen LogP contribution in [0.1, 0.15) is 12.5 Å². The molecule has 0 aliphatic carbocycles. The largest absolute Gasteiger partial charge is 0.326 e. The molecule has 2 aromatic rings. The van der Waals surface area contributed by atoms with Gasteiger partial charge in [-0.3, -0.25) is 14.5 Å². The molecule has 126 valence electrons. The first-order valence-electron chi connectivity index (χ1n) is 7.35. The van der Waals surface area contributed by atoms with E-state index in [0.717, 1.165) is 5.56 Å². The van der Waals surface area contributed by atoms with Gasteiger partial charge in [-0.05, 0) is 48.0 Å². The molecule has 0 atom stereocenters. The molecule has 1 aliphatic heterocycles. The second-order valence-corrected chi connectivity index (χ2v) is 7.41. The summed E-state index contributed by atoms with van der Waals surface area (Å²) in [5, 5.41) is 3.30. The van der Waals surface area contributed by atoms with Crippen molar-refractivity contribution in [2.24, 2.45) is 0 Å². The van der Waals surface area contributed by atoms with Crippen molar-refractivity contribution in [3.63, 3.8) is 0 Å². The number of anilines is 2. The highest BCUT2D eigenvalue weighted by molar-refractivity contribution is 8.27. The van der Waals surface area contributed by atoms with Crippen molar-refractivity contribution in [1.29, 1.82) is 0 Å². The highest BCUT2D eigenvalue weighted by Crippen LogP contribution is 2.36. The maximum Gasteiger partial charge on any atom is 0.270 e. The van der Waals surface area contributed by atoms with E-state index in [9.17, 15) is 9.59 Å². The van der Waals surface area contributed by atoms with Crippen molar-refractivity contribution < 1.29 is 9.59 Å². The standard InChI is InChI=1S/C18H13ClN2O2S2/c1-11(22)20-14-6-2-12(3-7-14)10-16-17(23)21(18(24)25-16)15-8-4-13(19)5-9-15/h2-10H,1H3,(H,20,22). The number of carbonyl (C=O) groups excluding carboxylic acids is 2. The third-order valence-corrected chi connectivity index (χ3v) is 4.96. The number of halogens is 1. The number of thioether (sulfide) groups is 1. The molecule has 0 radical (unpaired) electrons. The van der Waals surface area contributed by atoms with Gasteiger partial charge in [0.05, 0.1) is 10.6 Å². The summed E-state index contributed by atoms with van der Waals surface area (Å²) in [5.41, 5.74) is 2.25. The van der Waals surface area contributed by atoms with Crippen molar-refractivity contribution in [1.82, 2.24) is 0 Å². The topological polar surface area (TPSA) is 49.4 Å². The Morgan fingerprint density at radius 2 is 1.80 bits per heavy atom. The van der Waals surface area contributed by atoms with Gasteiger partial charge < -0.3 is 5.32 Å². The summed E-state index contributed by atoms with van der Waals surface area (Å²) >= 11 is 12.5. The Morgan fingerprint density at radius 3 is 2.40 bits per heavy atom. The van der Waals surface area contributed by atoms with E-state index in [1.54, 1.807) is 42.5 Å². The second-order valence-electron chi connectivity index (χ2n) is 5.30. The van der Waals surface area contributed by atoms with Gasteiger partial charge in [0.1, 0.15) is 0 Å². The Morgan fingerprint density at radius 1 is 1.16 bits per heavy atom. The van der Waals surface area contributed by atoms with Crippen LogP contribution in [0, 0.1) is 0 Å². The molecule has 0 saturated carbocycles. The first-order valence-corrected chi connectivity index (χ1v) is 8.95. The molecule has 0 aromatic heterocycles. The minimum absolute atomic E-state index is 0.128. The summed E-state index contributed by atoms with van der Waals surface area (Å²) in [5.74, 6) is -0.292. The lowest BCUT2D eigenvalue weighted by atomic mass is 10.2. The van der Waals surface area contributed by atoms with Crippen molar-refractivity contribution in [3.8, 4) is 0 Å². The van der Waals surface area contributed by atoms with E-state index in [4.69, 9.17) is 23.8 Å². The molecule has 25 heavy (non-hydrogen) atoms. The number of benzene rings is 2. The Kier molecular flexibility index (Phi) is 5.22. The van der Waals surface area contributed by atoms with Crippen LogP contribution in [-0.4, -0.2) is 16.1 Å². The molecule has 0 bridgehead atoms. The summed E-state index contributed by atoms with van der Waals surface area (Å²) in [6.45, 7) is 1.45. The highest BCUT2D eigenvalue weighted by Gasteiger charge is 2.33. The van der Waals surface area contributed by atoms with Gasteiger partial charge in [-0.25, -0.2) is 0 Å². The number of hydrogen-bond acceptors (Lipinski definition) is 4. The van der Waals surface area contributed by atoms with Crippen molar-refractivity contribution in [2.45, 2.75) is 6.92 Å². The number of nitrogens with one attached hydrogen (secondary N) is 1. The Labute approximate surface area is 159 Å². The number of hydrogen-bond donors (Lipinski definition) is 1. The summed E-state index contributed by atoms with van der Waals surface area (Å²) in [6.07, 6.45) is 1.78. The fraction of sp³-hybridized carbons (Fsp3) is 0.0556. The number of thiocarbonyl (C=S) groups is 1. The normalized spacial score (nSPS) is 15.8. The van der Waals surface area contributed by atoms with Gasteiger partial charge in [0.15, 0.2) is 4.32 Å². The van der Waals surface area contributed by atoms with Gasteiger partial charge in [-0.15, -0.1) is 0 Å². The molecule has 1 fully saturated rings.